The topological polar surface area (TPSA) is 104 Å². The Labute approximate surface area is 228 Å². The van der Waals surface area contributed by atoms with Crippen LogP contribution in [0, 0.1) is 35.5 Å². The van der Waals surface area contributed by atoms with Gasteiger partial charge in [0.25, 0.3) is 0 Å². The number of allylic oxidation sites excluding steroid dienone is 1. The smallest absolute Gasteiger partial charge is 0.334 e. The highest BCUT2D eigenvalue weighted by Gasteiger charge is 2.70. The van der Waals surface area contributed by atoms with E-state index in [1.54, 1.807) is 0 Å². The standard InChI is InChI=1S/C31H48N2O5/c1-4-18(2)29(35)38-30(3)15-20-7-5-6-8-23(20)28(21-9-11-26(32)33-17-21)31(30)16-22-13-19-10-12-27(34)36-24(19)14-25(22)37-31/h4,19-26,28,33H,5-17,32H2,1-3H3/p+1/t19?,20?,21?,22?,23?,24?,25?,26?,28-,30-,31+/m1/s1. The Bertz CT molecular complexity index is 960. The SMILES string of the molecule is CC=C(C)C(=O)O[C@]1(C)CC2CCCCC2[C@@H](C2CCC(N)[NH2+]C2)[C@@]12CC1CC3CCC(=O)OC3CC1O2. The van der Waals surface area contributed by atoms with E-state index < -0.39 is 11.2 Å². The van der Waals surface area contributed by atoms with E-state index >= 15 is 0 Å². The van der Waals surface area contributed by atoms with Crippen LogP contribution in [0.2, 0.25) is 0 Å². The Morgan fingerprint density at radius 2 is 1.84 bits per heavy atom. The number of hydrogen-bond acceptors (Lipinski definition) is 6. The van der Waals surface area contributed by atoms with E-state index in [-0.39, 0.29) is 30.3 Å². The first-order valence-electron chi connectivity index (χ1n) is 15.6. The number of rotatable bonds is 3. The normalized spacial score (nSPS) is 49.0. The molecule has 6 aliphatic rings. The highest BCUT2D eigenvalue weighted by atomic mass is 16.6. The lowest BCUT2D eigenvalue weighted by Crippen LogP contribution is -2.96. The molecule has 7 nitrogen and oxygen atoms in total. The molecule has 6 rings (SSSR count). The maximum atomic E-state index is 13.4. The fraction of sp³-hybridized carbons (Fsp3) is 0.871. The summed E-state index contributed by atoms with van der Waals surface area (Å²) < 4.78 is 19.9. The summed E-state index contributed by atoms with van der Waals surface area (Å²) in [5.41, 5.74) is 5.81. The number of ether oxygens (including phenoxy) is 3. The van der Waals surface area contributed by atoms with Crippen molar-refractivity contribution in [1.29, 1.82) is 0 Å². The molecule has 0 aromatic heterocycles. The van der Waals surface area contributed by atoms with E-state index in [0.29, 0.717) is 47.5 Å². The van der Waals surface area contributed by atoms with Gasteiger partial charge in [0.15, 0.2) is 0 Å². The Balaban J connectivity index is 1.40. The van der Waals surface area contributed by atoms with Crippen molar-refractivity contribution >= 4 is 11.9 Å². The lowest BCUT2D eigenvalue weighted by Gasteiger charge is -2.61. The Morgan fingerprint density at radius 3 is 2.61 bits per heavy atom. The van der Waals surface area contributed by atoms with Crippen LogP contribution < -0.4 is 11.1 Å². The summed E-state index contributed by atoms with van der Waals surface area (Å²) in [7, 11) is 0. The zero-order valence-corrected chi connectivity index (χ0v) is 23.7. The van der Waals surface area contributed by atoms with Gasteiger partial charge in [0.1, 0.15) is 23.5 Å². The molecule has 0 aromatic rings. The highest BCUT2D eigenvalue weighted by Crippen LogP contribution is 2.64. The molecule has 1 spiro atoms. The summed E-state index contributed by atoms with van der Waals surface area (Å²) in [6, 6.07) is 0. The second-order valence-corrected chi connectivity index (χ2v) is 13.8. The summed E-state index contributed by atoms with van der Waals surface area (Å²) in [6.07, 6.45) is 14.3. The van der Waals surface area contributed by atoms with Gasteiger partial charge in [0.2, 0.25) is 0 Å². The van der Waals surface area contributed by atoms with Crippen molar-refractivity contribution < 1.29 is 29.1 Å². The second kappa shape index (κ2) is 10.2. The van der Waals surface area contributed by atoms with Gasteiger partial charge in [-0.15, -0.1) is 0 Å². The Hall–Kier alpha value is -1.44. The lowest BCUT2D eigenvalue weighted by molar-refractivity contribution is -0.704. The number of carbonyl (C=O) groups is 2. The van der Waals surface area contributed by atoms with Gasteiger partial charge in [0, 0.05) is 36.7 Å². The Morgan fingerprint density at radius 1 is 1.03 bits per heavy atom. The molecular formula is C31H49N2O5+. The van der Waals surface area contributed by atoms with Crippen LogP contribution in [0.25, 0.3) is 0 Å². The van der Waals surface area contributed by atoms with Gasteiger partial charge in [-0.25, -0.2) is 4.79 Å². The first-order valence-corrected chi connectivity index (χ1v) is 15.6. The molecule has 3 saturated carbocycles. The molecule has 0 bridgehead atoms. The van der Waals surface area contributed by atoms with Gasteiger partial charge in [-0.2, -0.15) is 0 Å². The minimum atomic E-state index is -0.684. The van der Waals surface area contributed by atoms with Crippen LogP contribution in [0.15, 0.2) is 11.6 Å². The minimum Gasteiger partial charge on any atom is -0.462 e. The van der Waals surface area contributed by atoms with Crippen molar-refractivity contribution in [3.8, 4) is 0 Å². The van der Waals surface area contributed by atoms with Gasteiger partial charge >= 0.3 is 11.9 Å². The van der Waals surface area contributed by atoms with E-state index in [4.69, 9.17) is 19.9 Å². The van der Waals surface area contributed by atoms with Gasteiger partial charge in [-0.1, -0.05) is 25.3 Å². The summed E-state index contributed by atoms with van der Waals surface area (Å²) in [6.45, 7) is 6.98. The van der Waals surface area contributed by atoms with E-state index in [2.05, 4.69) is 12.2 Å². The number of nitrogens with two attached hydrogens (primary N) is 2. The molecule has 4 N–H and O–H groups in total. The van der Waals surface area contributed by atoms with Crippen LogP contribution in [-0.4, -0.2) is 48.1 Å². The van der Waals surface area contributed by atoms with Crippen molar-refractivity contribution in [2.45, 2.75) is 127 Å². The number of fused-ring (bicyclic) bond motifs is 3. The van der Waals surface area contributed by atoms with Crippen LogP contribution >= 0.6 is 0 Å². The van der Waals surface area contributed by atoms with Crippen molar-refractivity contribution in [2.24, 2.45) is 41.2 Å². The van der Waals surface area contributed by atoms with Crippen LogP contribution in [0.4, 0.5) is 0 Å². The predicted octanol–water partition coefficient (Wildman–Crippen LogP) is 3.60. The molecule has 212 valence electrons. The summed E-state index contributed by atoms with van der Waals surface area (Å²) in [5, 5.41) is 2.33. The Kier molecular flexibility index (Phi) is 7.18. The average Bonchev–Trinajstić information content (AvgIpc) is 3.27. The van der Waals surface area contributed by atoms with E-state index in [0.717, 1.165) is 51.5 Å². The molecule has 0 aromatic carbocycles. The van der Waals surface area contributed by atoms with Crippen LogP contribution in [0.3, 0.4) is 0 Å². The predicted molar refractivity (Wildman–Crippen MR) is 143 cm³/mol. The lowest BCUT2D eigenvalue weighted by atomic mass is 9.49. The third-order valence-electron chi connectivity index (χ3n) is 11.8. The van der Waals surface area contributed by atoms with Crippen molar-refractivity contribution in [3.05, 3.63) is 11.6 Å². The van der Waals surface area contributed by atoms with Gasteiger partial charge in [-0.3, -0.25) is 10.5 Å². The van der Waals surface area contributed by atoms with Gasteiger partial charge in [-0.05, 0) is 83.0 Å². The molecule has 6 fully saturated rings. The van der Waals surface area contributed by atoms with E-state index in [1.807, 2.05) is 19.9 Å². The number of piperidine rings is 1. The molecule has 3 saturated heterocycles. The van der Waals surface area contributed by atoms with Crippen LogP contribution in [-0.2, 0) is 23.8 Å². The van der Waals surface area contributed by atoms with E-state index in [1.165, 1.54) is 25.7 Å². The van der Waals surface area contributed by atoms with Crippen LogP contribution in [0.5, 0.6) is 0 Å². The second-order valence-electron chi connectivity index (χ2n) is 13.8. The molecule has 0 radical (unpaired) electrons. The number of quaternary nitrogens is 1. The highest BCUT2D eigenvalue weighted by molar-refractivity contribution is 5.88. The monoisotopic (exact) mass is 529 g/mol. The van der Waals surface area contributed by atoms with Gasteiger partial charge in [0.05, 0.1) is 12.6 Å². The quantitative estimate of drug-likeness (QED) is 0.428. The first-order chi connectivity index (χ1) is 18.2. The average molecular weight is 530 g/mol. The number of esters is 2. The van der Waals surface area contributed by atoms with Crippen molar-refractivity contribution in [1.82, 2.24) is 0 Å². The van der Waals surface area contributed by atoms with Crippen molar-refractivity contribution in [3.63, 3.8) is 0 Å². The third-order valence-corrected chi connectivity index (χ3v) is 11.8. The maximum absolute atomic E-state index is 13.4. The maximum Gasteiger partial charge on any atom is 0.334 e. The fourth-order valence-electron chi connectivity index (χ4n) is 9.82. The fourth-order valence-corrected chi connectivity index (χ4v) is 9.82. The molecule has 3 aliphatic heterocycles. The summed E-state index contributed by atoms with van der Waals surface area (Å²) in [4.78, 5) is 25.5. The summed E-state index contributed by atoms with van der Waals surface area (Å²) in [5.74, 6) is 2.60. The number of carbonyl (C=O) groups excluding carboxylic acids is 2. The largest absolute Gasteiger partial charge is 0.462 e. The van der Waals surface area contributed by atoms with E-state index in [9.17, 15) is 9.59 Å². The minimum absolute atomic E-state index is 0.0304. The molecule has 38 heavy (non-hydrogen) atoms. The van der Waals surface area contributed by atoms with Crippen LogP contribution in [0.1, 0.15) is 97.8 Å². The molecule has 3 aliphatic carbocycles. The third kappa shape index (κ3) is 4.45. The zero-order valence-electron chi connectivity index (χ0n) is 23.7. The first kappa shape index (κ1) is 26.8. The summed E-state index contributed by atoms with van der Waals surface area (Å²) >= 11 is 0. The van der Waals surface area contributed by atoms with Gasteiger partial charge < -0.3 is 19.5 Å². The molecule has 8 unspecified atom stereocenters. The molecule has 3 heterocycles. The molecular weight excluding hydrogens is 480 g/mol. The van der Waals surface area contributed by atoms with Crippen molar-refractivity contribution in [2.75, 3.05) is 6.54 Å². The molecule has 7 heteroatoms. The molecule has 11 atom stereocenters. The molecule has 0 amide bonds. The number of hydrogen-bond donors (Lipinski definition) is 2. The zero-order chi connectivity index (χ0) is 26.7.